The van der Waals surface area contributed by atoms with E-state index in [1.54, 1.807) is 5.51 Å². The molecule has 0 amide bonds. The number of sulfonamides is 1. The zero-order valence-corrected chi connectivity index (χ0v) is 15.8. The highest BCUT2D eigenvalue weighted by Crippen LogP contribution is 2.29. The topological polar surface area (TPSA) is 152 Å². The number of nitrogens with one attached hydrogen (secondary N) is 1. The number of aliphatic hydroxyl groups is 1. The van der Waals surface area contributed by atoms with Crippen molar-refractivity contribution in [2.45, 2.75) is 30.0 Å². The van der Waals surface area contributed by atoms with E-state index in [2.05, 4.69) is 15.2 Å². The van der Waals surface area contributed by atoms with Crippen LogP contribution < -0.4 is 10.5 Å². The minimum atomic E-state index is -4.05. The number of rotatable bonds is 6. The molecule has 2 atom stereocenters. The van der Waals surface area contributed by atoms with E-state index in [1.807, 2.05) is 5.38 Å². The molecule has 1 aromatic carbocycles. The van der Waals surface area contributed by atoms with Crippen molar-refractivity contribution in [3.05, 3.63) is 44.9 Å². The van der Waals surface area contributed by atoms with Gasteiger partial charge in [-0.15, -0.1) is 11.3 Å². The Balaban J connectivity index is 1.71. The number of nitro benzene ring substituents is 1. The number of primary sulfonamides is 1. The van der Waals surface area contributed by atoms with Gasteiger partial charge in [-0.1, -0.05) is 0 Å². The van der Waals surface area contributed by atoms with Crippen molar-refractivity contribution in [2.24, 2.45) is 5.14 Å². The fourth-order valence-electron chi connectivity index (χ4n) is 3.02. The Labute approximate surface area is 159 Å². The molecular weight excluding hydrogens is 394 g/mol. The summed E-state index contributed by atoms with van der Waals surface area (Å²) >= 11 is 1.51. The molecule has 0 radical (unpaired) electrons. The minimum Gasteiger partial charge on any atom is -0.390 e. The molecule has 2 aromatic rings. The zero-order valence-electron chi connectivity index (χ0n) is 14.2. The number of likely N-dealkylation sites (tertiary alicyclic amines) is 1. The highest BCUT2D eigenvalue weighted by Gasteiger charge is 2.30. The highest BCUT2D eigenvalue weighted by molar-refractivity contribution is 7.89. The molecule has 1 fully saturated rings. The fourth-order valence-corrected chi connectivity index (χ4v) is 4.10. The first-order valence-corrected chi connectivity index (χ1v) is 10.6. The third-order valence-electron chi connectivity index (χ3n) is 4.37. The maximum atomic E-state index is 11.4. The Hall–Kier alpha value is -2.12. The lowest BCUT2D eigenvalue weighted by atomic mass is 10.0. The molecule has 1 aromatic heterocycles. The predicted octanol–water partition coefficient (Wildman–Crippen LogP) is 0.746. The number of anilines is 1. The molecule has 10 nitrogen and oxygen atoms in total. The van der Waals surface area contributed by atoms with Gasteiger partial charge in [0.1, 0.15) is 5.69 Å². The van der Waals surface area contributed by atoms with Gasteiger partial charge in [0, 0.05) is 31.1 Å². The van der Waals surface area contributed by atoms with Crippen molar-refractivity contribution >= 4 is 32.7 Å². The maximum Gasteiger partial charge on any atom is 0.293 e. The number of hydrogen-bond acceptors (Lipinski definition) is 9. The van der Waals surface area contributed by atoms with Crippen LogP contribution >= 0.6 is 11.3 Å². The number of nitro groups is 1. The molecule has 0 spiro atoms. The van der Waals surface area contributed by atoms with Crippen molar-refractivity contribution < 1.29 is 18.4 Å². The van der Waals surface area contributed by atoms with Crippen molar-refractivity contribution in [3.8, 4) is 0 Å². The van der Waals surface area contributed by atoms with Gasteiger partial charge in [-0.05, 0) is 18.6 Å². The molecule has 27 heavy (non-hydrogen) atoms. The van der Waals surface area contributed by atoms with Gasteiger partial charge in [0.05, 0.1) is 33.2 Å². The summed E-state index contributed by atoms with van der Waals surface area (Å²) in [5, 5.41) is 31.7. The maximum absolute atomic E-state index is 11.4. The molecule has 0 bridgehead atoms. The number of benzene rings is 1. The van der Waals surface area contributed by atoms with Gasteiger partial charge in [0.15, 0.2) is 0 Å². The molecule has 0 saturated carbocycles. The molecule has 2 heterocycles. The lowest BCUT2D eigenvalue weighted by Crippen LogP contribution is -2.49. The molecule has 1 saturated heterocycles. The molecule has 146 valence electrons. The Morgan fingerprint density at radius 1 is 1.48 bits per heavy atom. The second-order valence-electron chi connectivity index (χ2n) is 6.30. The Morgan fingerprint density at radius 3 is 2.85 bits per heavy atom. The number of thiazole rings is 1. The average molecular weight is 413 g/mol. The second-order valence-corrected chi connectivity index (χ2v) is 8.58. The van der Waals surface area contributed by atoms with E-state index in [0.29, 0.717) is 26.1 Å². The molecule has 0 unspecified atom stereocenters. The van der Waals surface area contributed by atoms with E-state index in [4.69, 9.17) is 5.14 Å². The zero-order chi connectivity index (χ0) is 19.6. The molecule has 4 N–H and O–H groups in total. The third kappa shape index (κ3) is 4.78. The molecule has 3 rings (SSSR count). The number of hydrogen-bond donors (Lipinski definition) is 3. The smallest absolute Gasteiger partial charge is 0.293 e. The summed E-state index contributed by atoms with van der Waals surface area (Å²) in [6.07, 6.45) is -0.172. The minimum absolute atomic E-state index is 0.143. The second kappa shape index (κ2) is 7.86. The largest absolute Gasteiger partial charge is 0.390 e. The van der Waals surface area contributed by atoms with Gasteiger partial charge in [-0.2, -0.15) is 0 Å². The van der Waals surface area contributed by atoms with Crippen LogP contribution in [0, 0.1) is 10.1 Å². The van der Waals surface area contributed by atoms with E-state index in [-0.39, 0.29) is 10.6 Å². The van der Waals surface area contributed by atoms with Crippen LogP contribution in [0.25, 0.3) is 0 Å². The van der Waals surface area contributed by atoms with Crippen LogP contribution in [0.3, 0.4) is 0 Å². The summed E-state index contributed by atoms with van der Waals surface area (Å²) in [5.74, 6) is 0. The number of β-amino-alcohol motifs (C(OH)–C–C–N with tert-alkyl or cyclic N) is 1. The number of nitrogens with zero attached hydrogens (tertiary/aromatic N) is 3. The van der Waals surface area contributed by atoms with Crippen LogP contribution in [-0.2, 0) is 16.6 Å². The summed E-state index contributed by atoms with van der Waals surface area (Å²) in [4.78, 5) is 16.6. The summed E-state index contributed by atoms with van der Waals surface area (Å²) in [6, 6.07) is 3.03. The van der Waals surface area contributed by atoms with Crippen LogP contribution in [0.2, 0.25) is 0 Å². The van der Waals surface area contributed by atoms with Gasteiger partial charge in [0.25, 0.3) is 5.69 Å². The number of aliphatic hydroxyl groups excluding tert-OH is 1. The van der Waals surface area contributed by atoms with Crippen molar-refractivity contribution in [2.75, 3.05) is 18.4 Å². The quantitative estimate of drug-likeness (QED) is 0.463. The van der Waals surface area contributed by atoms with E-state index in [1.165, 1.54) is 23.5 Å². The van der Waals surface area contributed by atoms with Crippen LogP contribution in [-0.4, -0.2) is 53.6 Å². The van der Waals surface area contributed by atoms with Crippen molar-refractivity contribution in [3.63, 3.8) is 0 Å². The summed E-state index contributed by atoms with van der Waals surface area (Å²) in [7, 11) is -4.05. The molecule has 12 heteroatoms. The van der Waals surface area contributed by atoms with Crippen molar-refractivity contribution in [1.29, 1.82) is 0 Å². The molecule has 1 aliphatic heterocycles. The summed E-state index contributed by atoms with van der Waals surface area (Å²) in [6.45, 7) is 1.73. The van der Waals surface area contributed by atoms with Crippen molar-refractivity contribution in [1.82, 2.24) is 9.88 Å². The summed E-state index contributed by atoms with van der Waals surface area (Å²) < 4.78 is 22.8. The first kappa shape index (κ1) is 19.6. The van der Waals surface area contributed by atoms with Crippen LogP contribution in [0.5, 0.6) is 0 Å². The van der Waals surface area contributed by atoms with Gasteiger partial charge >= 0.3 is 0 Å². The van der Waals surface area contributed by atoms with E-state index in [9.17, 15) is 23.6 Å². The number of nitrogens with two attached hydrogens (primary N) is 1. The fraction of sp³-hybridized carbons (Fsp3) is 0.400. The van der Waals surface area contributed by atoms with E-state index in [0.717, 1.165) is 11.8 Å². The van der Waals surface area contributed by atoms with E-state index >= 15 is 0 Å². The molecule has 1 aliphatic rings. The third-order valence-corrected chi connectivity index (χ3v) is 5.92. The Bertz CT molecular complexity index is 919. The first-order valence-electron chi connectivity index (χ1n) is 8.09. The van der Waals surface area contributed by atoms with Crippen LogP contribution in [0.15, 0.2) is 34.0 Å². The van der Waals surface area contributed by atoms with Gasteiger partial charge in [-0.3, -0.25) is 15.0 Å². The first-order chi connectivity index (χ1) is 12.7. The van der Waals surface area contributed by atoms with Crippen LogP contribution in [0.1, 0.15) is 12.1 Å². The monoisotopic (exact) mass is 413 g/mol. The molecule has 0 aliphatic carbocycles. The Kier molecular flexibility index (Phi) is 5.72. The predicted molar refractivity (Wildman–Crippen MR) is 99.9 cm³/mol. The Morgan fingerprint density at radius 2 is 2.26 bits per heavy atom. The number of piperidine rings is 1. The lowest BCUT2D eigenvalue weighted by molar-refractivity contribution is -0.384. The van der Waals surface area contributed by atoms with Gasteiger partial charge < -0.3 is 10.4 Å². The SMILES string of the molecule is NS(=O)(=O)c1ccc(N[C@@H]2CCN(Cc3cscn3)C[C@@H]2O)c([N+](=O)[O-])c1. The normalized spacial score (nSPS) is 21.1. The number of aromatic nitrogens is 1. The lowest BCUT2D eigenvalue weighted by Gasteiger charge is -2.36. The molecular formula is C15H19N5O5S2. The average Bonchev–Trinajstić information content (AvgIpc) is 3.09. The summed E-state index contributed by atoms with van der Waals surface area (Å²) in [5.41, 5.74) is 2.43. The standard InChI is InChI=1S/C15H19N5O5S2/c16-27(24,25)11-1-2-12(14(5-11)20(22)23)18-13-3-4-19(7-15(13)21)6-10-8-26-9-17-10/h1-2,5,8-9,13,15,18,21H,3-4,6-7H2,(H2,16,24,25)/t13-,15+/m1/s1. The van der Waals surface area contributed by atoms with E-state index < -0.39 is 32.8 Å². The van der Waals surface area contributed by atoms with Gasteiger partial charge in [0.2, 0.25) is 10.0 Å². The van der Waals surface area contributed by atoms with Gasteiger partial charge in [-0.25, -0.2) is 18.5 Å². The highest BCUT2D eigenvalue weighted by atomic mass is 32.2. The van der Waals surface area contributed by atoms with Crippen LogP contribution in [0.4, 0.5) is 11.4 Å².